The van der Waals surface area contributed by atoms with Crippen LogP contribution in [0.15, 0.2) is 40.5 Å². The van der Waals surface area contributed by atoms with Gasteiger partial charge in [-0.05, 0) is 44.0 Å². The number of amides is 1. The zero-order chi connectivity index (χ0) is 22.8. The summed E-state index contributed by atoms with van der Waals surface area (Å²) in [4.78, 5) is 20.2. The van der Waals surface area contributed by atoms with Gasteiger partial charge in [0.15, 0.2) is 5.69 Å². The summed E-state index contributed by atoms with van der Waals surface area (Å²) in [6.07, 6.45) is 3.71. The van der Waals surface area contributed by atoms with E-state index in [4.69, 9.17) is 11.6 Å². The van der Waals surface area contributed by atoms with E-state index < -0.39 is 30.9 Å². The Bertz CT molecular complexity index is 1180. The summed E-state index contributed by atoms with van der Waals surface area (Å²) in [5, 5.41) is 1.96. The van der Waals surface area contributed by atoms with Gasteiger partial charge in [0, 0.05) is 18.3 Å². The van der Waals surface area contributed by atoms with E-state index in [9.17, 15) is 21.6 Å². The molecule has 0 saturated carbocycles. The van der Waals surface area contributed by atoms with E-state index >= 15 is 0 Å². The number of nitrogens with one attached hydrogen (secondary N) is 1. The summed E-state index contributed by atoms with van der Waals surface area (Å²) < 4.78 is 51.2. The number of sulfone groups is 1. The number of hydrogen-bond donors (Lipinski definition) is 1. The lowest BCUT2D eigenvalue weighted by atomic mass is 10.1. The Kier molecular flexibility index (Phi) is 6.99. The van der Waals surface area contributed by atoms with Gasteiger partial charge in [-0.2, -0.15) is 4.31 Å². The number of sulfonamides is 1. The van der Waals surface area contributed by atoms with Gasteiger partial charge in [0.05, 0.1) is 21.9 Å². The Morgan fingerprint density at radius 1 is 1.19 bits per heavy atom. The molecule has 1 aliphatic rings. The molecule has 0 radical (unpaired) electrons. The first-order valence-corrected chi connectivity index (χ1v) is 13.2. The van der Waals surface area contributed by atoms with E-state index in [2.05, 4.69) is 15.3 Å². The van der Waals surface area contributed by atoms with Crippen molar-refractivity contribution in [1.82, 2.24) is 14.3 Å². The van der Waals surface area contributed by atoms with E-state index in [1.54, 1.807) is 0 Å². The third-order valence-corrected chi connectivity index (χ3v) is 8.87. The molecule has 1 aromatic heterocycles. The molecule has 0 bridgehead atoms. The van der Waals surface area contributed by atoms with E-state index in [0.29, 0.717) is 12.2 Å². The van der Waals surface area contributed by atoms with Crippen LogP contribution < -0.4 is 5.32 Å². The maximum absolute atomic E-state index is 12.9. The molecule has 1 fully saturated rings. The maximum atomic E-state index is 12.9. The van der Waals surface area contributed by atoms with Gasteiger partial charge < -0.3 is 5.32 Å². The highest BCUT2D eigenvalue weighted by molar-refractivity contribution is 7.91. The third-order valence-electron chi connectivity index (χ3n) is 5.06. The van der Waals surface area contributed by atoms with Gasteiger partial charge in [-0.1, -0.05) is 24.9 Å². The first-order valence-electron chi connectivity index (χ1n) is 9.75. The monoisotopic (exact) mass is 486 g/mol. The van der Waals surface area contributed by atoms with Crippen molar-refractivity contribution < 1.29 is 21.6 Å². The minimum Gasteiger partial charge on any atom is -0.321 e. The number of hydrogen-bond acceptors (Lipinski definition) is 7. The van der Waals surface area contributed by atoms with E-state index in [0.717, 1.165) is 25.5 Å². The topological polar surface area (TPSA) is 126 Å². The Labute approximate surface area is 186 Å². The van der Waals surface area contributed by atoms with Crippen molar-refractivity contribution in [2.24, 2.45) is 0 Å². The molecule has 1 unspecified atom stereocenters. The molecule has 168 valence electrons. The number of carbonyl (C=O) groups excluding carboxylic acids is 1. The fraction of sp³-hybridized carbons (Fsp3) is 0.421. The Balaban J connectivity index is 1.80. The lowest BCUT2D eigenvalue weighted by molar-refractivity contribution is 0.102. The molecule has 1 saturated heterocycles. The molecule has 1 atom stereocenters. The number of anilines is 1. The molecule has 9 nitrogen and oxygen atoms in total. The quantitative estimate of drug-likeness (QED) is 0.622. The molecule has 31 heavy (non-hydrogen) atoms. The van der Waals surface area contributed by atoms with Crippen molar-refractivity contribution in [2.45, 2.75) is 49.2 Å². The number of rotatable bonds is 6. The van der Waals surface area contributed by atoms with E-state index in [-0.39, 0.29) is 27.4 Å². The number of nitrogens with zero attached hydrogens (tertiary/aromatic N) is 3. The molecule has 1 amide bonds. The van der Waals surface area contributed by atoms with Crippen LogP contribution in [-0.4, -0.2) is 55.4 Å². The lowest BCUT2D eigenvalue weighted by Gasteiger charge is -2.32. The second kappa shape index (κ2) is 9.19. The van der Waals surface area contributed by atoms with Crippen LogP contribution in [0.2, 0.25) is 5.02 Å². The van der Waals surface area contributed by atoms with Gasteiger partial charge in [-0.15, -0.1) is 0 Å². The molecule has 2 aromatic rings. The number of halogens is 1. The molecule has 1 aromatic carbocycles. The Morgan fingerprint density at radius 2 is 1.87 bits per heavy atom. The summed E-state index contributed by atoms with van der Waals surface area (Å²) in [5.74, 6) is -0.957. The van der Waals surface area contributed by atoms with Gasteiger partial charge in [0.2, 0.25) is 25.0 Å². The largest absolute Gasteiger partial charge is 0.321 e. The number of piperidine rings is 1. The van der Waals surface area contributed by atoms with Crippen LogP contribution in [0.25, 0.3) is 0 Å². The van der Waals surface area contributed by atoms with Crippen molar-refractivity contribution in [3.05, 3.63) is 41.2 Å². The molecule has 12 heteroatoms. The number of benzene rings is 1. The molecular formula is C19H23ClN4O5S2. The highest BCUT2D eigenvalue weighted by Gasteiger charge is 2.31. The average Bonchev–Trinajstić information content (AvgIpc) is 2.74. The van der Waals surface area contributed by atoms with Gasteiger partial charge in [-0.3, -0.25) is 4.79 Å². The number of aromatic nitrogens is 2. The predicted octanol–water partition coefficient (Wildman–Crippen LogP) is 2.74. The summed E-state index contributed by atoms with van der Waals surface area (Å²) >= 11 is 5.97. The molecule has 3 rings (SSSR count). The zero-order valence-electron chi connectivity index (χ0n) is 17.1. The van der Waals surface area contributed by atoms with Crippen molar-refractivity contribution in [2.75, 3.05) is 17.6 Å². The van der Waals surface area contributed by atoms with Gasteiger partial charge in [-0.25, -0.2) is 26.8 Å². The summed E-state index contributed by atoms with van der Waals surface area (Å²) in [6, 6.07) is 5.68. The summed E-state index contributed by atoms with van der Waals surface area (Å²) in [5.41, 5.74) is 0.0211. The van der Waals surface area contributed by atoms with Crippen molar-refractivity contribution >= 4 is 43.1 Å². The fourth-order valence-electron chi connectivity index (χ4n) is 3.25. The maximum Gasteiger partial charge on any atom is 0.275 e. The van der Waals surface area contributed by atoms with Crippen LogP contribution in [0.4, 0.5) is 5.69 Å². The van der Waals surface area contributed by atoms with E-state index in [1.165, 1.54) is 35.5 Å². The average molecular weight is 487 g/mol. The second-order valence-corrected chi connectivity index (χ2v) is 11.7. The first-order chi connectivity index (χ1) is 14.6. The molecule has 2 heterocycles. The Morgan fingerprint density at radius 3 is 2.48 bits per heavy atom. The van der Waals surface area contributed by atoms with Crippen molar-refractivity contribution in [1.29, 1.82) is 0 Å². The third kappa shape index (κ3) is 5.05. The molecular weight excluding hydrogens is 464 g/mol. The molecule has 1 N–H and O–H groups in total. The summed E-state index contributed by atoms with van der Waals surface area (Å²) in [6.45, 7) is 3.81. The van der Waals surface area contributed by atoms with Crippen LogP contribution in [0.3, 0.4) is 0 Å². The lowest BCUT2D eigenvalue weighted by Crippen LogP contribution is -2.41. The van der Waals surface area contributed by atoms with Gasteiger partial charge in [0.25, 0.3) is 5.91 Å². The van der Waals surface area contributed by atoms with Crippen LogP contribution in [-0.2, 0) is 19.9 Å². The predicted molar refractivity (Wildman–Crippen MR) is 116 cm³/mol. The minimum absolute atomic E-state index is 0.0633. The van der Waals surface area contributed by atoms with Gasteiger partial charge in [0.1, 0.15) is 0 Å². The van der Waals surface area contributed by atoms with Crippen LogP contribution in [0.5, 0.6) is 0 Å². The molecule has 1 aliphatic heterocycles. The highest BCUT2D eigenvalue weighted by atomic mass is 35.5. The minimum atomic E-state index is -3.71. The van der Waals surface area contributed by atoms with Crippen molar-refractivity contribution in [3.8, 4) is 0 Å². The number of carbonyl (C=O) groups is 1. The molecule has 0 aliphatic carbocycles. The first kappa shape index (κ1) is 23.6. The normalized spacial score (nSPS) is 18.0. The summed E-state index contributed by atoms with van der Waals surface area (Å²) in [7, 11) is -7.34. The van der Waals surface area contributed by atoms with E-state index in [1.807, 2.05) is 6.92 Å². The standard InChI is InChI=1S/C19H23ClN4O5S2/c1-3-30(26,27)19-21-12-16(20)17(23-19)18(25)22-14-7-9-15(10-8-14)31(28,29)24-11-5-4-6-13(24)2/h7-10,12-13H,3-6,11H2,1-2H3,(H,22,25). The van der Waals surface area contributed by atoms with Crippen LogP contribution in [0, 0.1) is 0 Å². The van der Waals surface area contributed by atoms with Gasteiger partial charge >= 0.3 is 0 Å². The SMILES string of the molecule is CCS(=O)(=O)c1ncc(Cl)c(C(=O)Nc2ccc(S(=O)(=O)N3CCCCC3C)cc2)n1. The zero-order valence-corrected chi connectivity index (χ0v) is 19.5. The van der Waals surface area contributed by atoms with Crippen molar-refractivity contribution in [3.63, 3.8) is 0 Å². The van der Waals surface area contributed by atoms with Crippen LogP contribution >= 0.6 is 11.6 Å². The Hall–Kier alpha value is -2.08. The van der Waals surface area contributed by atoms with Crippen LogP contribution in [0.1, 0.15) is 43.6 Å². The fourth-order valence-corrected chi connectivity index (χ4v) is 5.83. The smallest absolute Gasteiger partial charge is 0.275 e. The highest BCUT2D eigenvalue weighted by Crippen LogP contribution is 2.26. The molecule has 0 spiro atoms. The second-order valence-electron chi connectivity index (χ2n) is 7.19.